The molecule has 0 amide bonds. The van der Waals surface area contributed by atoms with Gasteiger partial charge in [-0.05, 0) is 18.3 Å². The predicted octanol–water partition coefficient (Wildman–Crippen LogP) is 3.07. The predicted molar refractivity (Wildman–Crippen MR) is 71.5 cm³/mol. The van der Waals surface area contributed by atoms with Crippen molar-refractivity contribution in [2.24, 2.45) is 7.05 Å². The maximum atomic E-state index is 14.0. The third-order valence-corrected chi connectivity index (χ3v) is 3.46. The third kappa shape index (κ3) is 2.87. The summed E-state index contributed by atoms with van der Waals surface area (Å²) in [5.74, 6) is -2.30. The minimum atomic E-state index is -4.84. The quantitative estimate of drug-likeness (QED) is 0.588. The summed E-state index contributed by atoms with van der Waals surface area (Å²) in [5, 5.41) is 8.61. The van der Waals surface area contributed by atoms with E-state index in [1.165, 1.54) is 6.07 Å². The van der Waals surface area contributed by atoms with Crippen LogP contribution in [0.15, 0.2) is 23.0 Å². The first-order chi connectivity index (χ1) is 10.6. The Morgan fingerprint density at radius 1 is 1.17 bits per heavy atom. The van der Waals surface area contributed by atoms with Crippen molar-refractivity contribution in [1.29, 1.82) is 5.26 Å². The van der Waals surface area contributed by atoms with Gasteiger partial charge in [-0.3, -0.25) is 9.36 Å². The summed E-state index contributed by atoms with van der Waals surface area (Å²) in [4.78, 5) is 11.9. The van der Waals surface area contributed by atoms with Crippen LogP contribution in [-0.4, -0.2) is 9.13 Å². The molecular formula is C13H6F5N3OS. The monoisotopic (exact) mass is 347 g/mol. The molecule has 1 heterocycles. The number of nitriles is 1. The van der Waals surface area contributed by atoms with Gasteiger partial charge in [0.2, 0.25) is 0 Å². The van der Waals surface area contributed by atoms with Crippen LogP contribution in [0.1, 0.15) is 11.3 Å². The largest absolute Gasteiger partial charge is 0.431 e. The van der Waals surface area contributed by atoms with Crippen molar-refractivity contribution in [1.82, 2.24) is 9.13 Å². The molecule has 0 radical (unpaired) electrons. The number of hydrogen-bond donors (Lipinski definition) is 0. The molecule has 120 valence electrons. The summed E-state index contributed by atoms with van der Waals surface area (Å²) >= 11 is 4.76. The molecule has 4 nitrogen and oxygen atoms in total. The highest BCUT2D eigenvalue weighted by molar-refractivity contribution is 7.71. The molecule has 10 heteroatoms. The molecular weight excluding hydrogens is 341 g/mol. The van der Waals surface area contributed by atoms with E-state index in [9.17, 15) is 26.7 Å². The molecule has 0 spiro atoms. The molecule has 0 aliphatic rings. The topological polar surface area (TPSA) is 50.7 Å². The van der Waals surface area contributed by atoms with Crippen LogP contribution >= 0.6 is 12.2 Å². The molecule has 0 aliphatic carbocycles. The van der Waals surface area contributed by atoms with E-state index >= 15 is 0 Å². The second-order valence-corrected chi connectivity index (χ2v) is 4.80. The molecule has 0 saturated heterocycles. The maximum Gasteiger partial charge on any atom is 0.431 e. The number of halogens is 5. The minimum absolute atomic E-state index is 0.228. The van der Waals surface area contributed by atoms with E-state index in [4.69, 9.17) is 17.5 Å². The van der Waals surface area contributed by atoms with Crippen LogP contribution in [0.4, 0.5) is 22.0 Å². The number of rotatable bonds is 1. The van der Waals surface area contributed by atoms with Crippen molar-refractivity contribution < 1.29 is 22.0 Å². The van der Waals surface area contributed by atoms with Crippen LogP contribution in [0, 0.1) is 27.7 Å². The van der Waals surface area contributed by atoms with E-state index < -0.39 is 45.1 Å². The van der Waals surface area contributed by atoms with E-state index in [0.717, 1.165) is 7.05 Å². The van der Waals surface area contributed by atoms with Crippen molar-refractivity contribution in [2.45, 2.75) is 6.18 Å². The molecule has 0 bridgehead atoms. The summed E-state index contributed by atoms with van der Waals surface area (Å²) in [5.41, 5.74) is -3.89. The standard InChI is InChI=1S/C13H6F5N3OS/c1-20-10(13(16,17)18)4-11(22)21(12(20)23)9-3-7(14)6(5-19)2-8(9)15/h2-4H,1H3. The summed E-state index contributed by atoms with van der Waals surface area (Å²) in [7, 11) is 0.943. The molecule has 2 rings (SSSR count). The van der Waals surface area contributed by atoms with Gasteiger partial charge in [0.05, 0.1) is 11.3 Å². The van der Waals surface area contributed by atoms with Gasteiger partial charge in [0.15, 0.2) is 4.77 Å². The van der Waals surface area contributed by atoms with Gasteiger partial charge in [-0.25, -0.2) is 8.78 Å². The highest BCUT2D eigenvalue weighted by atomic mass is 32.1. The lowest BCUT2D eigenvalue weighted by Crippen LogP contribution is -2.28. The van der Waals surface area contributed by atoms with Gasteiger partial charge >= 0.3 is 6.18 Å². The molecule has 0 N–H and O–H groups in total. The Morgan fingerprint density at radius 2 is 1.78 bits per heavy atom. The lowest BCUT2D eigenvalue weighted by Gasteiger charge is -2.16. The molecule has 23 heavy (non-hydrogen) atoms. The first-order valence-electron chi connectivity index (χ1n) is 5.87. The molecule has 1 aromatic heterocycles. The number of alkyl halides is 3. The van der Waals surface area contributed by atoms with Gasteiger partial charge in [0.1, 0.15) is 23.4 Å². The normalized spacial score (nSPS) is 11.3. The Kier molecular flexibility index (Phi) is 4.08. The van der Waals surface area contributed by atoms with Crippen molar-refractivity contribution >= 4 is 12.2 Å². The number of hydrogen-bond acceptors (Lipinski definition) is 3. The average Bonchev–Trinajstić information content (AvgIpc) is 2.45. The van der Waals surface area contributed by atoms with Crippen LogP contribution in [0.3, 0.4) is 0 Å². The summed E-state index contributed by atoms with van der Waals surface area (Å²) < 4.78 is 66.2. The molecule has 0 saturated carbocycles. The van der Waals surface area contributed by atoms with Crippen molar-refractivity contribution in [3.05, 3.63) is 56.2 Å². The maximum absolute atomic E-state index is 14.0. The molecule has 0 aliphatic heterocycles. The fourth-order valence-corrected chi connectivity index (χ4v) is 2.20. The van der Waals surface area contributed by atoms with E-state index in [-0.39, 0.29) is 6.07 Å². The van der Waals surface area contributed by atoms with Gasteiger partial charge in [-0.2, -0.15) is 18.4 Å². The van der Waals surface area contributed by atoms with Crippen LogP contribution in [0.5, 0.6) is 0 Å². The summed E-state index contributed by atoms with van der Waals surface area (Å²) in [6, 6.07) is 2.69. The summed E-state index contributed by atoms with van der Waals surface area (Å²) in [6.07, 6.45) is -4.84. The van der Waals surface area contributed by atoms with Crippen LogP contribution in [-0.2, 0) is 13.2 Å². The number of aromatic nitrogens is 2. The lowest BCUT2D eigenvalue weighted by atomic mass is 10.2. The molecule has 1 aromatic carbocycles. The first-order valence-corrected chi connectivity index (χ1v) is 6.28. The summed E-state index contributed by atoms with van der Waals surface area (Å²) in [6.45, 7) is 0. The molecule has 2 aromatic rings. The van der Waals surface area contributed by atoms with E-state index in [2.05, 4.69) is 0 Å². The molecule has 0 atom stereocenters. The minimum Gasteiger partial charge on any atom is -0.317 e. The Labute approximate surface area is 130 Å². The highest BCUT2D eigenvalue weighted by Gasteiger charge is 2.34. The van der Waals surface area contributed by atoms with Gasteiger partial charge in [-0.1, -0.05) is 0 Å². The number of benzene rings is 1. The Morgan fingerprint density at radius 3 is 2.30 bits per heavy atom. The van der Waals surface area contributed by atoms with E-state index in [1.54, 1.807) is 0 Å². The van der Waals surface area contributed by atoms with Crippen molar-refractivity contribution in [3.8, 4) is 11.8 Å². The van der Waals surface area contributed by atoms with Crippen molar-refractivity contribution in [3.63, 3.8) is 0 Å². The van der Waals surface area contributed by atoms with Crippen LogP contribution in [0.2, 0.25) is 0 Å². The Hall–Kier alpha value is -2.54. The lowest BCUT2D eigenvalue weighted by molar-refractivity contribution is -0.143. The molecule has 0 fully saturated rings. The Bertz CT molecular complexity index is 952. The average molecular weight is 347 g/mol. The second kappa shape index (κ2) is 5.58. The SMILES string of the molecule is Cn1c(C(F)(F)F)cc(=O)n(-c2cc(F)c(C#N)cc2F)c1=S. The third-order valence-electron chi connectivity index (χ3n) is 3.01. The van der Waals surface area contributed by atoms with Gasteiger partial charge < -0.3 is 4.57 Å². The highest BCUT2D eigenvalue weighted by Crippen LogP contribution is 2.28. The van der Waals surface area contributed by atoms with Gasteiger partial charge in [-0.15, -0.1) is 0 Å². The fraction of sp³-hybridized carbons (Fsp3) is 0.154. The zero-order valence-electron chi connectivity index (χ0n) is 11.3. The van der Waals surface area contributed by atoms with E-state index in [0.29, 0.717) is 21.3 Å². The fourth-order valence-electron chi connectivity index (χ4n) is 1.91. The van der Waals surface area contributed by atoms with Crippen LogP contribution in [0.25, 0.3) is 5.69 Å². The van der Waals surface area contributed by atoms with Crippen molar-refractivity contribution in [2.75, 3.05) is 0 Å². The first kappa shape index (κ1) is 16.8. The smallest absolute Gasteiger partial charge is 0.317 e. The second-order valence-electron chi connectivity index (χ2n) is 4.44. The Balaban J connectivity index is 2.85. The van der Waals surface area contributed by atoms with Gasteiger partial charge in [0, 0.05) is 19.2 Å². The zero-order valence-corrected chi connectivity index (χ0v) is 12.1. The van der Waals surface area contributed by atoms with E-state index in [1.807, 2.05) is 0 Å². The zero-order chi connectivity index (χ0) is 17.5. The number of nitrogens with zero attached hydrogens (tertiary/aromatic N) is 3. The molecule has 0 unspecified atom stereocenters. The van der Waals surface area contributed by atoms with Crippen LogP contribution < -0.4 is 5.56 Å². The van der Waals surface area contributed by atoms with Gasteiger partial charge in [0.25, 0.3) is 5.56 Å².